The zero-order chi connectivity index (χ0) is 14.8. The van der Waals surface area contributed by atoms with Gasteiger partial charge >= 0.3 is 0 Å². The molecule has 2 aromatic carbocycles. The van der Waals surface area contributed by atoms with Crippen LogP contribution in [-0.2, 0) is 16.4 Å². The van der Waals surface area contributed by atoms with E-state index < -0.39 is 10.0 Å². The van der Waals surface area contributed by atoms with Gasteiger partial charge in [-0.3, -0.25) is 0 Å². The van der Waals surface area contributed by atoms with E-state index in [0.29, 0.717) is 11.3 Å². The second kappa shape index (κ2) is 5.64. The van der Waals surface area contributed by atoms with E-state index in [4.69, 9.17) is 9.88 Å². The zero-order valence-electron chi connectivity index (χ0n) is 11.5. The Morgan fingerprint density at radius 1 is 1.10 bits per heavy atom. The average molecular weight is 291 g/mol. The quantitative estimate of drug-likeness (QED) is 0.941. The van der Waals surface area contributed by atoms with Crippen molar-refractivity contribution in [2.24, 2.45) is 5.14 Å². The lowest BCUT2D eigenvalue weighted by atomic mass is 10.2. The van der Waals surface area contributed by atoms with Crippen molar-refractivity contribution in [1.82, 2.24) is 0 Å². The molecule has 0 radical (unpaired) electrons. The van der Waals surface area contributed by atoms with Gasteiger partial charge in [-0.2, -0.15) is 0 Å². The number of rotatable bonds is 4. The van der Waals surface area contributed by atoms with Gasteiger partial charge < -0.3 is 4.74 Å². The normalized spacial score (nSPS) is 11.3. The van der Waals surface area contributed by atoms with Crippen molar-refractivity contribution in [2.75, 3.05) is 0 Å². The highest BCUT2D eigenvalue weighted by atomic mass is 32.2. The van der Waals surface area contributed by atoms with Crippen molar-refractivity contribution >= 4 is 10.0 Å². The standard InChI is InChI=1S/C15H17NO3S/c1-3-12-5-4-6-13(10-12)19-14-7-8-15(11(2)9-14)20(16,17)18/h4-10H,3H2,1-2H3,(H2,16,17,18). The highest BCUT2D eigenvalue weighted by molar-refractivity contribution is 7.89. The number of sulfonamides is 1. The third-order valence-electron chi connectivity index (χ3n) is 3.00. The fraction of sp³-hybridized carbons (Fsp3) is 0.200. The first-order valence-electron chi connectivity index (χ1n) is 6.30. The fourth-order valence-electron chi connectivity index (χ4n) is 1.97. The van der Waals surface area contributed by atoms with Gasteiger partial charge in [0.2, 0.25) is 10.0 Å². The van der Waals surface area contributed by atoms with Crippen LogP contribution in [0, 0.1) is 6.92 Å². The molecule has 0 unspecified atom stereocenters. The molecule has 2 N–H and O–H groups in total. The smallest absolute Gasteiger partial charge is 0.238 e. The van der Waals surface area contributed by atoms with Crippen molar-refractivity contribution in [3.05, 3.63) is 53.6 Å². The van der Waals surface area contributed by atoms with Crippen molar-refractivity contribution in [3.8, 4) is 11.5 Å². The molecule has 0 aliphatic rings. The number of benzene rings is 2. The molecular formula is C15H17NO3S. The molecule has 0 aliphatic carbocycles. The molecule has 0 aromatic heterocycles. The Kier molecular flexibility index (Phi) is 4.11. The summed E-state index contributed by atoms with van der Waals surface area (Å²) < 4.78 is 28.4. The number of primary sulfonamides is 1. The first-order valence-corrected chi connectivity index (χ1v) is 7.85. The summed E-state index contributed by atoms with van der Waals surface area (Å²) in [5, 5.41) is 5.13. The van der Waals surface area contributed by atoms with Crippen LogP contribution in [0.15, 0.2) is 47.4 Å². The van der Waals surface area contributed by atoms with E-state index in [2.05, 4.69) is 6.92 Å². The molecule has 0 saturated carbocycles. The van der Waals surface area contributed by atoms with E-state index in [0.717, 1.165) is 12.2 Å². The summed E-state index contributed by atoms with van der Waals surface area (Å²) in [7, 11) is -3.69. The molecule has 2 aromatic rings. The molecule has 0 saturated heterocycles. The fourth-order valence-corrected chi connectivity index (χ4v) is 2.74. The maximum atomic E-state index is 11.3. The van der Waals surface area contributed by atoms with Crippen LogP contribution in [0.1, 0.15) is 18.1 Å². The van der Waals surface area contributed by atoms with Gasteiger partial charge in [0.1, 0.15) is 11.5 Å². The van der Waals surface area contributed by atoms with Gasteiger partial charge in [0, 0.05) is 0 Å². The summed E-state index contributed by atoms with van der Waals surface area (Å²) in [5.74, 6) is 1.32. The maximum absolute atomic E-state index is 11.3. The molecule has 106 valence electrons. The van der Waals surface area contributed by atoms with Crippen LogP contribution in [-0.4, -0.2) is 8.42 Å². The topological polar surface area (TPSA) is 69.4 Å². The highest BCUT2D eigenvalue weighted by Gasteiger charge is 2.12. The van der Waals surface area contributed by atoms with Gasteiger partial charge in [0.25, 0.3) is 0 Å². The number of aryl methyl sites for hydroxylation is 2. The Labute approximate surface area is 119 Å². The number of nitrogens with two attached hydrogens (primary N) is 1. The second-order valence-corrected chi connectivity index (χ2v) is 6.11. The minimum Gasteiger partial charge on any atom is -0.457 e. The second-order valence-electron chi connectivity index (χ2n) is 4.58. The molecular weight excluding hydrogens is 274 g/mol. The van der Waals surface area contributed by atoms with E-state index in [-0.39, 0.29) is 4.90 Å². The maximum Gasteiger partial charge on any atom is 0.238 e. The molecule has 0 bridgehead atoms. The van der Waals surface area contributed by atoms with Crippen LogP contribution in [0.3, 0.4) is 0 Å². The predicted molar refractivity (Wildman–Crippen MR) is 78.4 cm³/mol. The lowest BCUT2D eigenvalue weighted by Gasteiger charge is -2.09. The third kappa shape index (κ3) is 3.37. The molecule has 0 fully saturated rings. The summed E-state index contributed by atoms with van der Waals surface area (Å²) in [6.07, 6.45) is 0.931. The number of hydrogen-bond donors (Lipinski definition) is 1. The van der Waals surface area contributed by atoms with E-state index in [1.165, 1.54) is 11.6 Å². The Morgan fingerprint density at radius 3 is 2.40 bits per heavy atom. The van der Waals surface area contributed by atoms with Crippen LogP contribution in [0.5, 0.6) is 11.5 Å². The molecule has 2 rings (SSSR count). The van der Waals surface area contributed by atoms with Crippen LogP contribution >= 0.6 is 0 Å². The summed E-state index contributed by atoms with van der Waals surface area (Å²) >= 11 is 0. The average Bonchev–Trinajstić information content (AvgIpc) is 2.37. The van der Waals surface area contributed by atoms with Gasteiger partial charge in [0.15, 0.2) is 0 Å². The predicted octanol–water partition coefficient (Wildman–Crippen LogP) is 3.00. The molecule has 4 nitrogen and oxygen atoms in total. The van der Waals surface area contributed by atoms with Gasteiger partial charge in [-0.15, -0.1) is 0 Å². The Morgan fingerprint density at radius 2 is 1.80 bits per heavy atom. The summed E-state index contributed by atoms with van der Waals surface area (Å²) in [5.41, 5.74) is 1.75. The van der Waals surface area contributed by atoms with E-state index in [1.54, 1.807) is 19.1 Å². The molecule has 5 heteroatoms. The van der Waals surface area contributed by atoms with Crippen molar-refractivity contribution in [1.29, 1.82) is 0 Å². The molecule has 0 atom stereocenters. The lowest BCUT2D eigenvalue weighted by molar-refractivity contribution is 0.481. The van der Waals surface area contributed by atoms with Crippen LogP contribution in [0.2, 0.25) is 0 Å². The minimum absolute atomic E-state index is 0.118. The minimum atomic E-state index is -3.69. The monoisotopic (exact) mass is 291 g/mol. The molecule has 0 heterocycles. The van der Waals surface area contributed by atoms with Crippen LogP contribution < -0.4 is 9.88 Å². The highest BCUT2D eigenvalue weighted by Crippen LogP contribution is 2.26. The number of hydrogen-bond acceptors (Lipinski definition) is 3. The first-order chi connectivity index (χ1) is 9.40. The van der Waals surface area contributed by atoms with E-state index >= 15 is 0 Å². The van der Waals surface area contributed by atoms with Gasteiger partial charge in [-0.1, -0.05) is 19.1 Å². The Bertz CT molecular complexity index is 724. The van der Waals surface area contributed by atoms with Gasteiger partial charge in [-0.25, -0.2) is 13.6 Å². The molecule has 0 aliphatic heterocycles. The van der Waals surface area contributed by atoms with E-state index in [9.17, 15) is 8.42 Å². The molecule has 20 heavy (non-hydrogen) atoms. The van der Waals surface area contributed by atoms with Gasteiger partial charge in [-0.05, 0) is 54.8 Å². The lowest BCUT2D eigenvalue weighted by Crippen LogP contribution is -2.13. The summed E-state index contributed by atoms with van der Waals surface area (Å²) in [6.45, 7) is 3.76. The zero-order valence-corrected chi connectivity index (χ0v) is 12.3. The first kappa shape index (κ1) is 14.6. The molecule has 0 spiro atoms. The van der Waals surface area contributed by atoms with Crippen molar-refractivity contribution in [2.45, 2.75) is 25.2 Å². The SMILES string of the molecule is CCc1cccc(Oc2ccc(S(N)(=O)=O)c(C)c2)c1. The number of ether oxygens (including phenoxy) is 1. The van der Waals surface area contributed by atoms with Crippen LogP contribution in [0.25, 0.3) is 0 Å². The Balaban J connectivity index is 2.29. The summed E-state index contributed by atoms with van der Waals surface area (Å²) in [4.78, 5) is 0.118. The van der Waals surface area contributed by atoms with Crippen molar-refractivity contribution < 1.29 is 13.2 Å². The molecule has 0 amide bonds. The van der Waals surface area contributed by atoms with E-state index in [1.807, 2.05) is 24.3 Å². The summed E-state index contributed by atoms with van der Waals surface area (Å²) in [6, 6.07) is 12.5. The van der Waals surface area contributed by atoms with Crippen molar-refractivity contribution in [3.63, 3.8) is 0 Å². The Hall–Kier alpha value is -1.85. The van der Waals surface area contributed by atoms with Gasteiger partial charge in [0.05, 0.1) is 4.90 Å². The largest absolute Gasteiger partial charge is 0.457 e. The van der Waals surface area contributed by atoms with Crippen LogP contribution in [0.4, 0.5) is 0 Å². The third-order valence-corrected chi connectivity index (χ3v) is 4.07.